The van der Waals surface area contributed by atoms with Crippen molar-refractivity contribution in [2.24, 2.45) is 0 Å². The van der Waals surface area contributed by atoms with Gasteiger partial charge in [0.05, 0.1) is 30.5 Å². The molecule has 0 bridgehead atoms. The third-order valence-electron chi connectivity index (χ3n) is 4.52. The van der Waals surface area contributed by atoms with Gasteiger partial charge in [-0.25, -0.2) is 27.7 Å². The summed E-state index contributed by atoms with van der Waals surface area (Å²) in [5.41, 5.74) is 2.26. The van der Waals surface area contributed by atoms with E-state index in [9.17, 15) is 18.0 Å². The fourth-order valence-corrected chi connectivity index (χ4v) is 3.13. The maximum atomic E-state index is 13.3. The Kier molecular flexibility index (Phi) is 4.98. The number of hydrogen-bond acceptors (Lipinski definition) is 4. The number of rotatable bonds is 5. The molecule has 0 radical (unpaired) electrons. The number of alkyl halides is 2. The number of fused-ring (bicyclic) bond motifs is 1. The first-order valence-electron chi connectivity index (χ1n) is 9.01. The molecule has 0 aliphatic heterocycles. The molecule has 1 amide bonds. The molecule has 0 saturated carbocycles. The minimum absolute atomic E-state index is 0.236. The minimum atomic E-state index is -2.61. The van der Waals surface area contributed by atoms with Crippen LogP contribution in [0.4, 0.5) is 13.2 Å². The van der Waals surface area contributed by atoms with Crippen LogP contribution in [0.1, 0.15) is 10.5 Å². The van der Waals surface area contributed by atoms with Gasteiger partial charge in [0.1, 0.15) is 11.5 Å². The van der Waals surface area contributed by atoms with Gasteiger partial charge >= 0.3 is 0 Å². The van der Waals surface area contributed by atoms with E-state index >= 15 is 0 Å². The van der Waals surface area contributed by atoms with Gasteiger partial charge in [-0.1, -0.05) is 0 Å². The first-order chi connectivity index (χ1) is 14.3. The van der Waals surface area contributed by atoms with Crippen LogP contribution in [0.5, 0.6) is 0 Å². The largest absolute Gasteiger partial charge is 0.343 e. The lowest BCUT2D eigenvalue weighted by Gasteiger charge is -2.12. The Balaban J connectivity index is 1.91. The number of benzene rings is 1. The molecule has 0 unspecified atom stereocenters. The number of amides is 1. The summed E-state index contributed by atoms with van der Waals surface area (Å²) in [5.74, 6) is -0.718. The fourth-order valence-electron chi connectivity index (χ4n) is 3.13. The van der Waals surface area contributed by atoms with Crippen molar-refractivity contribution in [2.45, 2.75) is 13.0 Å². The predicted octanol–water partition coefficient (Wildman–Crippen LogP) is 3.37. The Morgan fingerprint density at radius 2 is 1.83 bits per heavy atom. The van der Waals surface area contributed by atoms with Crippen LogP contribution in [0.2, 0.25) is 0 Å². The molecule has 0 N–H and O–H groups in total. The highest BCUT2D eigenvalue weighted by Crippen LogP contribution is 2.31. The molecule has 7 nitrogen and oxygen atoms in total. The van der Waals surface area contributed by atoms with Crippen molar-refractivity contribution in [1.82, 2.24) is 29.0 Å². The molecule has 4 rings (SSSR count). The smallest absolute Gasteiger partial charge is 0.273 e. The lowest BCUT2D eigenvalue weighted by molar-refractivity contribution is 0.0819. The monoisotopic (exact) mass is 414 g/mol. The van der Waals surface area contributed by atoms with E-state index < -0.39 is 18.8 Å². The van der Waals surface area contributed by atoms with Crippen molar-refractivity contribution in [1.29, 1.82) is 0 Å². The molecule has 0 saturated heterocycles. The molecule has 4 aromatic rings. The average molecular weight is 414 g/mol. The lowest BCUT2D eigenvalue weighted by atomic mass is 10.1. The van der Waals surface area contributed by atoms with Crippen molar-refractivity contribution in [3.8, 4) is 22.6 Å². The summed E-state index contributed by atoms with van der Waals surface area (Å²) in [6, 6.07) is 8.84. The second-order valence-electron chi connectivity index (χ2n) is 6.82. The number of hydrogen-bond donors (Lipinski definition) is 0. The van der Waals surface area contributed by atoms with Crippen LogP contribution >= 0.6 is 0 Å². The Morgan fingerprint density at radius 1 is 1.10 bits per heavy atom. The molecule has 3 heterocycles. The van der Waals surface area contributed by atoms with Gasteiger partial charge in [0.25, 0.3) is 12.3 Å². The first kappa shape index (κ1) is 19.6. The van der Waals surface area contributed by atoms with Crippen molar-refractivity contribution in [3.63, 3.8) is 0 Å². The lowest BCUT2D eigenvalue weighted by Crippen LogP contribution is -2.23. The topological polar surface area (TPSA) is 68.3 Å². The van der Waals surface area contributed by atoms with Crippen molar-refractivity contribution in [3.05, 3.63) is 60.4 Å². The van der Waals surface area contributed by atoms with Gasteiger partial charge in [-0.3, -0.25) is 4.79 Å². The summed E-state index contributed by atoms with van der Waals surface area (Å²) < 4.78 is 42.3. The molecule has 0 aliphatic rings. The molecule has 0 aliphatic carbocycles. The van der Waals surface area contributed by atoms with Crippen LogP contribution in [-0.4, -0.2) is 55.5 Å². The van der Waals surface area contributed by atoms with Crippen LogP contribution < -0.4 is 0 Å². The number of carbonyl (C=O) groups is 1. The molecule has 1 aromatic carbocycles. The van der Waals surface area contributed by atoms with Crippen molar-refractivity contribution >= 4 is 11.6 Å². The standard InChI is InChI=1S/C20H17F3N6O/c1-27(2)20(30)15-9-24-17-8-7-14(26-29(15)17)19-18(12-3-5-13(21)6-4-12)25-11-28(19)10-16(22)23/h3-9,11,16H,10H2,1-2H3. The third-order valence-corrected chi connectivity index (χ3v) is 4.52. The van der Waals surface area contributed by atoms with E-state index in [4.69, 9.17) is 0 Å². The van der Waals surface area contributed by atoms with Gasteiger partial charge < -0.3 is 9.47 Å². The second kappa shape index (κ2) is 7.62. The zero-order chi connectivity index (χ0) is 21.4. The van der Waals surface area contributed by atoms with E-state index in [0.29, 0.717) is 28.3 Å². The fraction of sp³-hybridized carbons (Fsp3) is 0.200. The maximum absolute atomic E-state index is 13.3. The first-order valence-corrected chi connectivity index (χ1v) is 9.01. The summed E-state index contributed by atoms with van der Waals surface area (Å²) in [6.45, 7) is -0.587. The van der Waals surface area contributed by atoms with Crippen LogP contribution in [0.25, 0.3) is 28.3 Å². The molecule has 0 fully saturated rings. The van der Waals surface area contributed by atoms with Crippen LogP contribution in [0.15, 0.2) is 48.9 Å². The van der Waals surface area contributed by atoms with Crippen molar-refractivity contribution < 1.29 is 18.0 Å². The Bertz CT molecular complexity index is 1210. The van der Waals surface area contributed by atoms with Gasteiger partial charge in [0.2, 0.25) is 0 Å². The zero-order valence-corrected chi connectivity index (χ0v) is 16.1. The van der Waals surface area contributed by atoms with Crippen LogP contribution in [0, 0.1) is 5.82 Å². The number of aromatic nitrogens is 5. The van der Waals surface area contributed by atoms with Crippen LogP contribution in [0.3, 0.4) is 0 Å². The quantitative estimate of drug-likeness (QED) is 0.502. The molecule has 0 atom stereocenters. The molecule has 154 valence electrons. The maximum Gasteiger partial charge on any atom is 0.273 e. The molecule has 30 heavy (non-hydrogen) atoms. The molecule has 3 aromatic heterocycles. The normalized spacial score (nSPS) is 11.4. The van der Waals surface area contributed by atoms with E-state index in [1.54, 1.807) is 26.2 Å². The molecular weight excluding hydrogens is 397 g/mol. The third kappa shape index (κ3) is 3.51. The summed E-state index contributed by atoms with van der Waals surface area (Å²) in [4.78, 5) is 22.3. The van der Waals surface area contributed by atoms with Gasteiger partial charge in [-0.2, -0.15) is 5.10 Å². The molecule has 10 heteroatoms. The van der Waals surface area contributed by atoms with E-state index in [2.05, 4.69) is 15.1 Å². The number of halogens is 3. The van der Waals surface area contributed by atoms with Gasteiger partial charge in [-0.15, -0.1) is 0 Å². The Morgan fingerprint density at radius 3 is 2.50 bits per heavy atom. The summed E-state index contributed by atoms with van der Waals surface area (Å²) >= 11 is 0. The highest BCUT2D eigenvalue weighted by Gasteiger charge is 2.21. The molecular formula is C20H17F3N6O. The minimum Gasteiger partial charge on any atom is -0.343 e. The summed E-state index contributed by atoms with van der Waals surface area (Å²) in [7, 11) is 3.21. The number of carbonyl (C=O) groups excluding carboxylic acids is 1. The highest BCUT2D eigenvalue weighted by molar-refractivity contribution is 5.92. The van der Waals surface area contributed by atoms with E-state index in [1.165, 1.54) is 50.8 Å². The number of nitrogens with zero attached hydrogens (tertiary/aromatic N) is 6. The Hall–Kier alpha value is -3.69. The summed E-state index contributed by atoms with van der Waals surface area (Å²) in [6.07, 6.45) is 0.0966. The highest BCUT2D eigenvalue weighted by atomic mass is 19.3. The zero-order valence-electron chi connectivity index (χ0n) is 16.1. The van der Waals surface area contributed by atoms with E-state index in [1.807, 2.05) is 0 Å². The average Bonchev–Trinajstić information content (AvgIpc) is 3.31. The summed E-state index contributed by atoms with van der Waals surface area (Å²) in [5, 5.41) is 4.48. The van der Waals surface area contributed by atoms with E-state index in [-0.39, 0.29) is 11.6 Å². The van der Waals surface area contributed by atoms with Crippen molar-refractivity contribution in [2.75, 3.05) is 14.1 Å². The number of imidazole rings is 2. The van der Waals surface area contributed by atoms with Gasteiger partial charge in [0.15, 0.2) is 11.3 Å². The second-order valence-corrected chi connectivity index (χ2v) is 6.82. The van der Waals surface area contributed by atoms with Crippen LogP contribution in [-0.2, 0) is 6.54 Å². The Labute approximate surface area is 169 Å². The van der Waals surface area contributed by atoms with Gasteiger partial charge in [-0.05, 0) is 36.4 Å². The van der Waals surface area contributed by atoms with Gasteiger partial charge in [0, 0.05) is 19.7 Å². The van der Waals surface area contributed by atoms with E-state index in [0.717, 1.165) is 0 Å². The predicted molar refractivity (Wildman–Crippen MR) is 104 cm³/mol. The molecule has 0 spiro atoms. The SMILES string of the molecule is CN(C)C(=O)c1cnc2ccc(-c3c(-c4ccc(F)cc4)ncn3CC(F)F)nn12.